The van der Waals surface area contributed by atoms with Crippen LogP contribution in [-0.4, -0.2) is 33.8 Å². The summed E-state index contributed by atoms with van der Waals surface area (Å²) in [7, 11) is 1.70. The Morgan fingerprint density at radius 3 is 2.91 bits per heavy atom. The molecule has 1 aromatic heterocycles. The highest BCUT2D eigenvalue weighted by molar-refractivity contribution is 8.01. The molecule has 0 aliphatic carbocycles. The molecule has 1 aromatic carbocycles. The molecule has 2 N–H and O–H groups in total. The van der Waals surface area contributed by atoms with Crippen molar-refractivity contribution in [3.63, 3.8) is 0 Å². The van der Waals surface area contributed by atoms with Crippen molar-refractivity contribution >= 4 is 45.5 Å². The van der Waals surface area contributed by atoms with Gasteiger partial charge >= 0.3 is 0 Å². The minimum atomic E-state index is -0.739. The second kappa shape index (κ2) is 7.13. The van der Waals surface area contributed by atoms with Crippen LogP contribution in [0.4, 0.5) is 20.9 Å². The van der Waals surface area contributed by atoms with Crippen molar-refractivity contribution in [1.29, 1.82) is 0 Å². The van der Waals surface area contributed by atoms with Crippen LogP contribution in [0.2, 0.25) is 0 Å². The third-order valence-corrected chi connectivity index (χ3v) is 4.46. The molecule has 0 unspecified atom stereocenters. The number of rotatable bonds is 6. The van der Waals surface area contributed by atoms with Gasteiger partial charge in [-0.3, -0.25) is 14.9 Å². The fraction of sp³-hybridized carbons (Fsp3) is 0.182. The summed E-state index contributed by atoms with van der Waals surface area (Å²) in [6.45, 7) is 0. The van der Waals surface area contributed by atoms with E-state index in [4.69, 9.17) is 0 Å². The van der Waals surface area contributed by atoms with E-state index in [-0.39, 0.29) is 17.1 Å². The predicted molar refractivity (Wildman–Crippen MR) is 81.9 cm³/mol. The third-order valence-electron chi connectivity index (χ3n) is 2.38. The van der Waals surface area contributed by atoms with Crippen molar-refractivity contribution in [2.24, 2.45) is 0 Å². The molecule has 8 nitrogen and oxygen atoms in total. The third kappa shape index (κ3) is 4.11. The van der Waals surface area contributed by atoms with Crippen molar-refractivity contribution in [1.82, 2.24) is 10.2 Å². The van der Waals surface area contributed by atoms with Gasteiger partial charge in [-0.25, -0.2) is 4.39 Å². The number of carbonyl (C=O) groups excluding carboxylic acids is 1. The van der Waals surface area contributed by atoms with Gasteiger partial charge in [0.05, 0.1) is 16.4 Å². The van der Waals surface area contributed by atoms with Crippen molar-refractivity contribution in [3.8, 4) is 0 Å². The van der Waals surface area contributed by atoms with Gasteiger partial charge in [-0.15, -0.1) is 10.2 Å². The molecule has 11 heteroatoms. The maximum atomic E-state index is 13.5. The number of nitro benzene ring substituents is 1. The summed E-state index contributed by atoms with van der Waals surface area (Å²) in [6.07, 6.45) is 0. The molecule has 0 atom stereocenters. The number of nitrogens with zero attached hydrogens (tertiary/aromatic N) is 3. The van der Waals surface area contributed by atoms with E-state index >= 15 is 0 Å². The lowest BCUT2D eigenvalue weighted by atomic mass is 10.2. The number of non-ortho nitro benzene ring substituents is 1. The van der Waals surface area contributed by atoms with Gasteiger partial charge in [-0.2, -0.15) is 0 Å². The maximum Gasteiger partial charge on any atom is 0.271 e. The van der Waals surface area contributed by atoms with Gasteiger partial charge in [0.15, 0.2) is 4.34 Å². The van der Waals surface area contributed by atoms with Crippen LogP contribution in [0, 0.1) is 15.9 Å². The number of nitrogens with one attached hydrogen (secondary N) is 2. The van der Waals surface area contributed by atoms with Crippen molar-refractivity contribution in [3.05, 3.63) is 34.1 Å². The van der Waals surface area contributed by atoms with Crippen LogP contribution < -0.4 is 10.6 Å². The SMILES string of the molecule is CNc1nnc(SCC(=O)Nc2cc([N+](=O)[O-])ccc2F)s1. The standard InChI is InChI=1S/C11H10FN5O3S2/c1-13-10-15-16-11(22-10)21-5-9(18)14-8-4-6(17(19)20)2-3-7(8)12/h2-4H,5H2,1H3,(H,13,15)(H,14,18). The normalized spacial score (nSPS) is 10.3. The molecule has 0 saturated carbocycles. The van der Waals surface area contributed by atoms with E-state index in [1.54, 1.807) is 7.05 Å². The summed E-state index contributed by atoms with van der Waals surface area (Å²) < 4.78 is 14.1. The predicted octanol–water partition coefficient (Wildman–Crippen LogP) is 2.36. The zero-order valence-electron chi connectivity index (χ0n) is 11.2. The molecule has 0 bridgehead atoms. The van der Waals surface area contributed by atoms with Gasteiger partial charge in [0, 0.05) is 19.2 Å². The second-order valence-corrected chi connectivity index (χ2v) is 6.08. The number of carbonyl (C=O) groups is 1. The summed E-state index contributed by atoms with van der Waals surface area (Å²) in [5, 5.41) is 24.0. The highest BCUT2D eigenvalue weighted by Crippen LogP contribution is 2.26. The van der Waals surface area contributed by atoms with Crippen LogP contribution in [0.1, 0.15) is 0 Å². The number of benzene rings is 1. The average molecular weight is 343 g/mol. The summed E-state index contributed by atoms with van der Waals surface area (Å²) in [5.41, 5.74) is -0.528. The van der Waals surface area contributed by atoms with Crippen LogP contribution in [0.25, 0.3) is 0 Å². The lowest BCUT2D eigenvalue weighted by Crippen LogP contribution is -2.15. The lowest BCUT2D eigenvalue weighted by molar-refractivity contribution is -0.384. The number of aromatic nitrogens is 2. The minimum Gasteiger partial charge on any atom is -0.363 e. The van der Waals surface area contributed by atoms with Crippen LogP contribution >= 0.6 is 23.1 Å². The molecule has 1 amide bonds. The summed E-state index contributed by atoms with van der Waals surface area (Å²) in [4.78, 5) is 21.7. The van der Waals surface area contributed by atoms with Gasteiger partial charge < -0.3 is 10.6 Å². The molecule has 2 aromatic rings. The van der Waals surface area contributed by atoms with Gasteiger partial charge in [0.2, 0.25) is 11.0 Å². The number of amides is 1. The monoisotopic (exact) mass is 343 g/mol. The Kier molecular flexibility index (Phi) is 5.22. The van der Waals surface area contributed by atoms with E-state index in [1.807, 2.05) is 0 Å². The molecule has 0 aliphatic heterocycles. The number of anilines is 2. The van der Waals surface area contributed by atoms with Crippen molar-refractivity contribution < 1.29 is 14.1 Å². The first-order chi connectivity index (χ1) is 10.5. The molecule has 2 rings (SSSR count). The number of thioether (sulfide) groups is 1. The summed E-state index contributed by atoms with van der Waals surface area (Å²) in [6, 6.07) is 2.94. The van der Waals surface area contributed by atoms with Crippen LogP contribution in [0.15, 0.2) is 22.5 Å². The zero-order chi connectivity index (χ0) is 16.1. The maximum absolute atomic E-state index is 13.5. The minimum absolute atomic E-state index is 0.0134. The highest BCUT2D eigenvalue weighted by Gasteiger charge is 2.14. The van der Waals surface area contributed by atoms with E-state index < -0.39 is 16.6 Å². The molecular weight excluding hydrogens is 333 g/mol. The van der Waals surface area contributed by atoms with Gasteiger partial charge in [-0.1, -0.05) is 23.1 Å². The van der Waals surface area contributed by atoms with E-state index in [0.29, 0.717) is 9.47 Å². The first-order valence-corrected chi connectivity index (χ1v) is 7.67. The number of hydrogen-bond acceptors (Lipinski definition) is 8. The zero-order valence-corrected chi connectivity index (χ0v) is 12.8. The van der Waals surface area contributed by atoms with Crippen LogP contribution in [0.5, 0.6) is 0 Å². The Morgan fingerprint density at radius 2 is 2.27 bits per heavy atom. The van der Waals surface area contributed by atoms with E-state index in [9.17, 15) is 19.3 Å². The molecule has 22 heavy (non-hydrogen) atoms. The Labute approximate surface area is 132 Å². The first kappa shape index (κ1) is 16.1. The first-order valence-electron chi connectivity index (χ1n) is 5.87. The molecule has 0 radical (unpaired) electrons. The fourth-order valence-corrected chi connectivity index (χ4v) is 2.91. The van der Waals surface area contributed by atoms with Gasteiger partial charge in [0.25, 0.3) is 5.69 Å². The Balaban J connectivity index is 1.96. The Morgan fingerprint density at radius 1 is 1.50 bits per heavy atom. The summed E-state index contributed by atoms with van der Waals surface area (Å²) >= 11 is 2.41. The molecule has 0 fully saturated rings. The average Bonchev–Trinajstić information content (AvgIpc) is 2.95. The smallest absolute Gasteiger partial charge is 0.271 e. The van der Waals surface area contributed by atoms with E-state index in [1.165, 1.54) is 11.3 Å². The molecular formula is C11H10FN5O3S2. The summed E-state index contributed by atoms with van der Waals surface area (Å²) in [5.74, 6) is -1.25. The van der Waals surface area contributed by atoms with E-state index in [0.717, 1.165) is 30.0 Å². The van der Waals surface area contributed by atoms with Crippen molar-refractivity contribution in [2.45, 2.75) is 4.34 Å². The highest BCUT2D eigenvalue weighted by atomic mass is 32.2. The van der Waals surface area contributed by atoms with Crippen LogP contribution in [-0.2, 0) is 4.79 Å². The molecule has 1 heterocycles. The topological polar surface area (TPSA) is 110 Å². The van der Waals surface area contributed by atoms with Gasteiger partial charge in [0.1, 0.15) is 5.82 Å². The second-order valence-electron chi connectivity index (χ2n) is 3.88. The molecule has 0 saturated heterocycles. The number of nitro groups is 1. The van der Waals surface area contributed by atoms with Gasteiger partial charge in [-0.05, 0) is 6.07 Å². The van der Waals surface area contributed by atoms with Crippen molar-refractivity contribution in [2.75, 3.05) is 23.4 Å². The number of hydrogen-bond donors (Lipinski definition) is 2. The molecule has 116 valence electrons. The molecule has 0 aliphatic rings. The number of halogens is 1. The Hall–Kier alpha value is -2.27. The molecule has 0 spiro atoms. The largest absolute Gasteiger partial charge is 0.363 e. The van der Waals surface area contributed by atoms with Crippen LogP contribution in [0.3, 0.4) is 0 Å². The lowest BCUT2D eigenvalue weighted by Gasteiger charge is -2.05. The Bertz CT molecular complexity index is 709. The fourth-order valence-electron chi connectivity index (χ4n) is 1.41. The van der Waals surface area contributed by atoms with E-state index in [2.05, 4.69) is 20.8 Å². The quantitative estimate of drug-likeness (QED) is 0.470.